The van der Waals surface area contributed by atoms with Crippen LogP contribution in [0, 0.1) is 0 Å². The van der Waals surface area contributed by atoms with Crippen LogP contribution in [0.5, 0.6) is 0 Å². The molecule has 0 aromatic heterocycles. The maximum absolute atomic E-state index is 11.2. The molecule has 0 aliphatic rings. The molecule has 0 fully saturated rings. The second-order valence-corrected chi connectivity index (χ2v) is 4.29. The highest BCUT2D eigenvalue weighted by Gasteiger charge is 2.17. The van der Waals surface area contributed by atoms with Crippen molar-refractivity contribution in [3.63, 3.8) is 0 Å². The minimum atomic E-state index is -1.61. The molecule has 70 valence electrons. The quantitative estimate of drug-likeness (QED) is 0.674. The third-order valence-corrected chi connectivity index (χ3v) is 2.77. The fourth-order valence-corrected chi connectivity index (χ4v) is 2.01. The third-order valence-electron chi connectivity index (χ3n) is 1.56. The minimum absolute atomic E-state index is 0.227. The minimum Gasteiger partial charge on any atom is -0.423 e. The van der Waals surface area contributed by atoms with Crippen molar-refractivity contribution in [1.82, 2.24) is 0 Å². The Hall–Kier alpha value is -0.355. The summed E-state index contributed by atoms with van der Waals surface area (Å²) in [6, 6.07) is 4.43. The number of benzene rings is 1. The maximum Gasteiger partial charge on any atom is 0.489 e. The Morgan fingerprint density at radius 3 is 2.54 bits per heavy atom. The molecule has 3 nitrogen and oxygen atoms in total. The zero-order chi connectivity index (χ0) is 10.0. The summed E-state index contributed by atoms with van der Waals surface area (Å²) in [6.07, 6.45) is 1.46. The molecule has 0 aliphatic heterocycles. The van der Waals surface area contributed by atoms with Gasteiger partial charge in [0.25, 0.3) is 0 Å². The Kier molecular flexibility index (Phi) is 3.50. The van der Waals surface area contributed by atoms with Crippen molar-refractivity contribution in [2.45, 2.75) is 4.90 Å². The number of rotatable bonds is 2. The van der Waals surface area contributed by atoms with Gasteiger partial charge in [0.2, 0.25) is 0 Å². The van der Waals surface area contributed by atoms with Crippen LogP contribution < -0.4 is 5.46 Å². The summed E-state index contributed by atoms with van der Waals surface area (Å²) < 4.78 is 11.2. The first-order valence-electron chi connectivity index (χ1n) is 3.51. The van der Waals surface area contributed by atoms with E-state index in [2.05, 4.69) is 0 Å². The lowest BCUT2D eigenvalue weighted by Crippen LogP contribution is -2.33. The van der Waals surface area contributed by atoms with E-state index in [0.717, 1.165) is 0 Å². The second kappa shape index (κ2) is 4.24. The van der Waals surface area contributed by atoms with Gasteiger partial charge in [-0.15, -0.1) is 0 Å². The Morgan fingerprint density at radius 2 is 2.08 bits per heavy atom. The largest absolute Gasteiger partial charge is 0.489 e. The van der Waals surface area contributed by atoms with E-state index >= 15 is 0 Å². The Balaban J connectivity index is 3.27. The molecule has 0 bridgehead atoms. The third kappa shape index (κ3) is 2.54. The summed E-state index contributed by atoms with van der Waals surface area (Å²) >= 11 is 5.67. The molecule has 0 saturated carbocycles. The molecule has 0 aliphatic carbocycles. The van der Waals surface area contributed by atoms with Gasteiger partial charge >= 0.3 is 7.12 Å². The molecule has 13 heavy (non-hydrogen) atoms. The van der Waals surface area contributed by atoms with Gasteiger partial charge in [-0.25, -0.2) is 0 Å². The van der Waals surface area contributed by atoms with Crippen LogP contribution in [0.3, 0.4) is 0 Å². The molecule has 1 atom stereocenters. The van der Waals surface area contributed by atoms with Crippen molar-refractivity contribution in [1.29, 1.82) is 0 Å². The van der Waals surface area contributed by atoms with Gasteiger partial charge in [0, 0.05) is 27.0 Å². The molecule has 1 aromatic carbocycles. The highest BCUT2D eigenvalue weighted by molar-refractivity contribution is 7.84. The lowest BCUT2D eigenvalue weighted by Gasteiger charge is -2.05. The van der Waals surface area contributed by atoms with Gasteiger partial charge in [-0.1, -0.05) is 17.7 Å². The molecular formula is C7H8BClO3S. The first-order valence-corrected chi connectivity index (χ1v) is 5.45. The highest BCUT2D eigenvalue weighted by atomic mass is 35.5. The van der Waals surface area contributed by atoms with E-state index in [9.17, 15) is 4.21 Å². The first kappa shape index (κ1) is 10.7. The maximum atomic E-state index is 11.2. The standard InChI is InChI=1S/C7H8BClO3S/c1-13(12)7-4-5(9)2-3-6(7)8(10)11/h2-4,10-11H,1H3. The Bertz CT molecular complexity index is 343. The van der Waals surface area contributed by atoms with Gasteiger partial charge in [-0.2, -0.15) is 0 Å². The van der Waals surface area contributed by atoms with E-state index < -0.39 is 17.9 Å². The van der Waals surface area contributed by atoms with Crippen molar-refractivity contribution >= 4 is 35.0 Å². The fraction of sp³-hybridized carbons (Fsp3) is 0.143. The van der Waals surface area contributed by atoms with Crippen LogP contribution >= 0.6 is 11.6 Å². The SMILES string of the molecule is CS(=O)c1cc(Cl)ccc1B(O)O. The molecule has 1 rings (SSSR count). The zero-order valence-electron chi connectivity index (χ0n) is 6.90. The van der Waals surface area contributed by atoms with E-state index in [1.807, 2.05) is 0 Å². The van der Waals surface area contributed by atoms with Crippen molar-refractivity contribution in [2.24, 2.45) is 0 Å². The monoisotopic (exact) mass is 218 g/mol. The first-order chi connectivity index (χ1) is 6.02. The van der Waals surface area contributed by atoms with Gasteiger partial charge in [-0.05, 0) is 17.6 Å². The Labute approximate surface area is 84.0 Å². The van der Waals surface area contributed by atoms with Crippen LogP contribution in [0.1, 0.15) is 0 Å². The molecule has 0 radical (unpaired) electrons. The van der Waals surface area contributed by atoms with Crippen LogP contribution in [-0.4, -0.2) is 27.6 Å². The lowest BCUT2D eigenvalue weighted by molar-refractivity contribution is 0.425. The predicted octanol–water partition coefficient (Wildman–Crippen LogP) is -0.243. The van der Waals surface area contributed by atoms with Gasteiger partial charge in [-0.3, -0.25) is 4.21 Å². The van der Waals surface area contributed by atoms with Crippen LogP contribution in [0.25, 0.3) is 0 Å². The average Bonchev–Trinajstić information content (AvgIpc) is 2.03. The van der Waals surface area contributed by atoms with E-state index in [1.165, 1.54) is 24.5 Å². The molecule has 1 unspecified atom stereocenters. The summed E-state index contributed by atoms with van der Waals surface area (Å²) in [4.78, 5) is 0.350. The molecule has 0 saturated heterocycles. The fourth-order valence-electron chi connectivity index (χ4n) is 0.970. The number of hydrogen-bond acceptors (Lipinski definition) is 3. The summed E-state index contributed by atoms with van der Waals surface area (Å²) in [5, 5.41) is 18.3. The van der Waals surface area contributed by atoms with Crippen molar-refractivity contribution in [2.75, 3.05) is 6.26 Å². The van der Waals surface area contributed by atoms with Crippen LogP contribution in [-0.2, 0) is 10.8 Å². The summed E-state index contributed by atoms with van der Waals surface area (Å²) in [7, 11) is -2.89. The van der Waals surface area contributed by atoms with Crippen molar-refractivity contribution in [3.05, 3.63) is 23.2 Å². The predicted molar refractivity (Wildman–Crippen MR) is 53.6 cm³/mol. The molecule has 0 spiro atoms. The van der Waals surface area contributed by atoms with E-state index in [4.69, 9.17) is 21.6 Å². The van der Waals surface area contributed by atoms with Crippen LogP contribution in [0.4, 0.5) is 0 Å². The molecule has 1 aromatic rings. The average molecular weight is 218 g/mol. The van der Waals surface area contributed by atoms with Crippen molar-refractivity contribution in [3.8, 4) is 0 Å². The Morgan fingerprint density at radius 1 is 1.46 bits per heavy atom. The highest BCUT2D eigenvalue weighted by Crippen LogP contribution is 2.11. The van der Waals surface area contributed by atoms with E-state index in [0.29, 0.717) is 9.92 Å². The molecule has 2 N–H and O–H groups in total. The molecule has 0 amide bonds. The van der Waals surface area contributed by atoms with Gasteiger partial charge in [0.05, 0.1) is 0 Å². The van der Waals surface area contributed by atoms with Crippen LogP contribution in [0.15, 0.2) is 23.1 Å². The summed E-state index contributed by atoms with van der Waals surface area (Å²) in [5.41, 5.74) is 0.227. The normalized spacial score (nSPS) is 12.6. The number of hydrogen-bond donors (Lipinski definition) is 2. The van der Waals surface area contributed by atoms with Gasteiger partial charge < -0.3 is 10.0 Å². The van der Waals surface area contributed by atoms with Crippen molar-refractivity contribution < 1.29 is 14.3 Å². The number of halogens is 1. The van der Waals surface area contributed by atoms with Gasteiger partial charge in [0.15, 0.2) is 0 Å². The zero-order valence-corrected chi connectivity index (χ0v) is 8.47. The summed E-state index contributed by atoms with van der Waals surface area (Å²) in [6.45, 7) is 0. The molecule has 0 heterocycles. The lowest BCUT2D eigenvalue weighted by atomic mass is 9.80. The van der Waals surface area contributed by atoms with E-state index in [-0.39, 0.29) is 5.46 Å². The topological polar surface area (TPSA) is 57.5 Å². The summed E-state index contributed by atoms with van der Waals surface area (Å²) in [5.74, 6) is 0. The van der Waals surface area contributed by atoms with E-state index in [1.54, 1.807) is 0 Å². The van der Waals surface area contributed by atoms with Gasteiger partial charge in [0.1, 0.15) is 0 Å². The smallest absolute Gasteiger partial charge is 0.423 e. The molecule has 6 heteroatoms. The molecular weight excluding hydrogens is 210 g/mol. The van der Waals surface area contributed by atoms with Crippen LogP contribution in [0.2, 0.25) is 5.02 Å². The second-order valence-electron chi connectivity index (χ2n) is 2.51.